The molecule has 2 aromatic rings. The smallest absolute Gasteiger partial charge is 0.161 e. The number of hydrogen-bond acceptors (Lipinski definition) is 3. The molecule has 0 spiro atoms. The van der Waals surface area contributed by atoms with Crippen LogP contribution in [0.5, 0.6) is 0 Å². The molecule has 1 aromatic carbocycles. The number of halogens is 3. The van der Waals surface area contributed by atoms with Gasteiger partial charge >= 0.3 is 0 Å². The number of nitrogens with zero attached hydrogens (tertiary/aromatic N) is 1. The Bertz CT molecular complexity index is 568. The molecule has 0 radical (unpaired) electrons. The van der Waals surface area contributed by atoms with Gasteiger partial charge in [0.2, 0.25) is 0 Å². The van der Waals surface area contributed by atoms with Gasteiger partial charge in [0.1, 0.15) is 11.5 Å². The highest BCUT2D eigenvalue weighted by Crippen LogP contribution is 2.26. The van der Waals surface area contributed by atoms with Crippen molar-refractivity contribution in [3.63, 3.8) is 0 Å². The molecule has 0 saturated heterocycles. The van der Waals surface area contributed by atoms with Gasteiger partial charge in [-0.15, -0.1) is 0 Å². The summed E-state index contributed by atoms with van der Waals surface area (Å²) in [5.74, 6) is -2.92. The number of aromatic nitrogens is 1. The van der Waals surface area contributed by atoms with Crippen LogP contribution in [-0.2, 0) is 0 Å². The van der Waals surface area contributed by atoms with E-state index in [2.05, 4.69) is 5.16 Å². The zero-order valence-corrected chi connectivity index (χ0v) is 9.58. The zero-order valence-electron chi connectivity index (χ0n) is 9.58. The van der Waals surface area contributed by atoms with Crippen molar-refractivity contribution in [2.24, 2.45) is 5.73 Å². The maximum atomic E-state index is 13.5. The van der Waals surface area contributed by atoms with Crippen LogP contribution in [0.1, 0.15) is 25.1 Å². The Kier molecular flexibility index (Phi) is 3.38. The second-order valence-electron chi connectivity index (χ2n) is 3.88. The maximum Gasteiger partial charge on any atom is 0.161 e. The molecule has 0 aliphatic rings. The Morgan fingerprint density at radius 3 is 2.50 bits per heavy atom. The first kappa shape index (κ1) is 12.6. The maximum absolute atomic E-state index is 13.5. The van der Waals surface area contributed by atoms with Crippen LogP contribution in [0.3, 0.4) is 0 Å². The Morgan fingerprint density at radius 1 is 1.17 bits per heavy atom. The van der Waals surface area contributed by atoms with E-state index in [4.69, 9.17) is 10.3 Å². The summed E-state index contributed by atoms with van der Waals surface area (Å²) in [6, 6.07) is 2.27. The summed E-state index contributed by atoms with van der Waals surface area (Å²) in [6.45, 7) is 1.85. The highest BCUT2D eigenvalue weighted by Gasteiger charge is 2.17. The Morgan fingerprint density at radius 2 is 1.83 bits per heavy atom. The molecule has 2 N–H and O–H groups in total. The van der Waals surface area contributed by atoms with Crippen LogP contribution in [0, 0.1) is 17.5 Å². The molecule has 1 atom stereocenters. The quantitative estimate of drug-likeness (QED) is 0.858. The van der Waals surface area contributed by atoms with E-state index >= 15 is 0 Å². The first-order valence-corrected chi connectivity index (χ1v) is 5.40. The molecule has 0 bridgehead atoms. The van der Waals surface area contributed by atoms with Crippen molar-refractivity contribution >= 4 is 0 Å². The Hall–Kier alpha value is -1.82. The number of rotatable bonds is 3. The van der Waals surface area contributed by atoms with Crippen molar-refractivity contribution in [1.82, 2.24) is 5.16 Å². The van der Waals surface area contributed by atoms with E-state index in [0.29, 0.717) is 18.2 Å². The number of benzene rings is 1. The minimum atomic E-state index is -1.25. The zero-order chi connectivity index (χ0) is 13.3. The predicted octanol–water partition coefficient (Wildman–Crippen LogP) is 3.17. The number of nitrogens with two attached hydrogens (primary N) is 1. The van der Waals surface area contributed by atoms with Gasteiger partial charge in [-0.1, -0.05) is 12.1 Å². The molecule has 0 saturated carbocycles. The highest BCUT2D eigenvalue weighted by molar-refractivity contribution is 5.59. The second-order valence-corrected chi connectivity index (χ2v) is 3.88. The van der Waals surface area contributed by atoms with E-state index in [-0.39, 0.29) is 17.3 Å². The van der Waals surface area contributed by atoms with Crippen molar-refractivity contribution < 1.29 is 17.7 Å². The third-order valence-corrected chi connectivity index (χ3v) is 2.62. The minimum absolute atomic E-state index is 0.0882. The molecule has 3 nitrogen and oxygen atoms in total. The minimum Gasteiger partial charge on any atom is -0.359 e. The average molecular weight is 256 g/mol. The fourth-order valence-corrected chi connectivity index (χ4v) is 1.51. The largest absolute Gasteiger partial charge is 0.359 e. The lowest BCUT2D eigenvalue weighted by Crippen LogP contribution is -2.06. The Labute approximate surface area is 101 Å². The third kappa shape index (κ3) is 2.24. The molecule has 96 valence electrons. The molecule has 0 fully saturated rings. The van der Waals surface area contributed by atoms with Crippen molar-refractivity contribution in [3.8, 4) is 11.3 Å². The van der Waals surface area contributed by atoms with Crippen LogP contribution in [0.4, 0.5) is 13.2 Å². The summed E-state index contributed by atoms with van der Waals surface area (Å²) in [5.41, 5.74) is 5.64. The van der Waals surface area contributed by atoms with E-state index in [1.807, 2.05) is 6.92 Å². The van der Waals surface area contributed by atoms with Gasteiger partial charge in [0, 0.05) is 17.7 Å². The average Bonchev–Trinajstić information content (AvgIpc) is 2.82. The summed E-state index contributed by atoms with van der Waals surface area (Å²) in [6.07, 6.45) is 0.620. The molecule has 6 heteroatoms. The van der Waals surface area contributed by atoms with Crippen molar-refractivity contribution in [2.75, 3.05) is 0 Å². The molecule has 0 aliphatic carbocycles. The monoisotopic (exact) mass is 256 g/mol. The molecule has 2 rings (SSSR count). The lowest BCUT2D eigenvalue weighted by Gasteiger charge is -2.01. The van der Waals surface area contributed by atoms with E-state index in [9.17, 15) is 13.2 Å². The van der Waals surface area contributed by atoms with Gasteiger partial charge in [-0.05, 0) is 12.5 Å². The van der Waals surface area contributed by atoms with Crippen LogP contribution >= 0.6 is 0 Å². The van der Waals surface area contributed by atoms with Crippen molar-refractivity contribution in [2.45, 2.75) is 19.4 Å². The summed E-state index contributed by atoms with van der Waals surface area (Å²) < 4.78 is 44.3. The molecule has 1 aromatic heterocycles. The van der Waals surface area contributed by atoms with E-state index < -0.39 is 17.5 Å². The molecule has 0 amide bonds. The molecule has 18 heavy (non-hydrogen) atoms. The van der Waals surface area contributed by atoms with Crippen LogP contribution < -0.4 is 5.73 Å². The molecule has 1 unspecified atom stereocenters. The van der Waals surface area contributed by atoms with Crippen molar-refractivity contribution in [3.05, 3.63) is 41.4 Å². The molecule has 1 heterocycles. The molecule has 0 aliphatic heterocycles. The van der Waals surface area contributed by atoms with Gasteiger partial charge in [-0.3, -0.25) is 0 Å². The van der Waals surface area contributed by atoms with Gasteiger partial charge in [-0.25, -0.2) is 13.2 Å². The summed E-state index contributed by atoms with van der Waals surface area (Å²) in [4.78, 5) is 0. The van der Waals surface area contributed by atoms with Gasteiger partial charge in [0.05, 0.1) is 6.04 Å². The second kappa shape index (κ2) is 4.81. The predicted molar refractivity (Wildman–Crippen MR) is 59.0 cm³/mol. The van der Waals surface area contributed by atoms with Gasteiger partial charge in [0.25, 0.3) is 0 Å². The number of hydrogen-bond donors (Lipinski definition) is 1. The van der Waals surface area contributed by atoms with Gasteiger partial charge in [-0.2, -0.15) is 0 Å². The Balaban J connectivity index is 2.43. The summed E-state index contributed by atoms with van der Waals surface area (Å²) in [7, 11) is 0. The van der Waals surface area contributed by atoms with Crippen molar-refractivity contribution in [1.29, 1.82) is 0 Å². The fourth-order valence-electron chi connectivity index (χ4n) is 1.51. The van der Waals surface area contributed by atoms with E-state index in [1.165, 1.54) is 6.07 Å². The first-order valence-electron chi connectivity index (χ1n) is 5.40. The summed E-state index contributed by atoms with van der Waals surface area (Å²) >= 11 is 0. The van der Waals surface area contributed by atoms with Gasteiger partial charge < -0.3 is 10.3 Å². The lowest BCUT2D eigenvalue weighted by atomic mass is 10.1. The highest BCUT2D eigenvalue weighted by atomic mass is 19.2. The van der Waals surface area contributed by atoms with Crippen LogP contribution in [-0.4, -0.2) is 5.16 Å². The molecular formula is C12H11F3N2O. The fraction of sp³-hybridized carbons (Fsp3) is 0.250. The van der Waals surface area contributed by atoms with Crippen LogP contribution in [0.15, 0.2) is 22.7 Å². The standard InChI is InChI=1S/C12H11F3N2O/c1-2-10(16)12-5-11(17-18-12)6-3-8(14)9(15)4-7(6)13/h3-5,10H,2,16H2,1H3. The van der Waals surface area contributed by atoms with Crippen LogP contribution in [0.25, 0.3) is 11.3 Å². The third-order valence-electron chi connectivity index (χ3n) is 2.62. The van der Waals surface area contributed by atoms with E-state index in [1.54, 1.807) is 0 Å². The summed E-state index contributed by atoms with van der Waals surface area (Å²) in [5, 5.41) is 3.60. The SMILES string of the molecule is CCC(N)c1cc(-c2cc(F)c(F)cc2F)no1. The first-order chi connectivity index (χ1) is 8.52. The molecular weight excluding hydrogens is 245 g/mol. The topological polar surface area (TPSA) is 52.0 Å². The van der Waals surface area contributed by atoms with Gasteiger partial charge in [0.15, 0.2) is 17.4 Å². The van der Waals surface area contributed by atoms with Crippen LogP contribution in [0.2, 0.25) is 0 Å². The van der Waals surface area contributed by atoms with E-state index in [0.717, 1.165) is 6.07 Å². The normalized spacial score (nSPS) is 12.7. The lowest BCUT2D eigenvalue weighted by molar-refractivity contribution is 0.360.